The summed E-state index contributed by atoms with van der Waals surface area (Å²) in [5, 5.41) is 26.5. The molecule has 0 radical (unpaired) electrons. The standard InChI is InChI=1S/C23H37N7O6/c1-13(2)18(24)21(34)30-17(12-31)20(33)29-16(11-14-7-4-3-5-8-14)19(32)28-15(22(35)36)9-6-10-27-23(25)26/h3-5,7-8,13,15-18,31H,6,9-12,24H2,1-2H3,(H,28,32)(H,29,33)(H,30,34)(H,35,36)(H4,25,26,27). The Labute approximate surface area is 209 Å². The van der Waals surface area contributed by atoms with E-state index in [1.165, 1.54) is 0 Å². The van der Waals surface area contributed by atoms with Gasteiger partial charge < -0.3 is 43.4 Å². The summed E-state index contributed by atoms with van der Waals surface area (Å²) in [5.74, 6) is -3.79. The molecule has 0 aromatic heterocycles. The zero-order valence-electron chi connectivity index (χ0n) is 20.5. The Morgan fingerprint density at radius 3 is 2.00 bits per heavy atom. The van der Waals surface area contributed by atoms with E-state index in [2.05, 4.69) is 20.9 Å². The van der Waals surface area contributed by atoms with Crippen LogP contribution in [0.15, 0.2) is 35.3 Å². The largest absolute Gasteiger partial charge is 0.480 e. The van der Waals surface area contributed by atoms with Crippen LogP contribution in [-0.2, 0) is 25.6 Å². The van der Waals surface area contributed by atoms with Crippen LogP contribution < -0.4 is 33.2 Å². The second-order valence-electron chi connectivity index (χ2n) is 8.61. The third kappa shape index (κ3) is 10.7. The minimum Gasteiger partial charge on any atom is -0.480 e. The summed E-state index contributed by atoms with van der Waals surface area (Å²) >= 11 is 0. The van der Waals surface area contributed by atoms with Crippen molar-refractivity contribution in [1.29, 1.82) is 0 Å². The Morgan fingerprint density at radius 2 is 1.47 bits per heavy atom. The number of benzene rings is 1. The van der Waals surface area contributed by atoms with Gasteiger partial charge in [0.2, 0.25) is 17.7 Å². The molecule has 0 heterocycles. The highest BCUT2D eigenvalue weighted by Crippen LogP contribution is 2.07. The molecule has 36 heavy (non-hydrogen) atoms. The Bertz CT molecular complexity index is 905. The summed E-state index contributed by atoms with van der Waals surface area (Å²) in [5.41, 5.74) is 17.0. The quantitative estimate of drug-likeness (QED) is 0.0729. The van der Waals surface area contributed by atoms with Crippen LogP contribution in [0.5, 0.6) is 0 Å². The van der Waals surface area contributed by atoms with Crippen molar-refractivity contribution >= 4 is 29.7 Å². The van der Waals surface area contributed by atoms with Crippen LogP contribution in [0.25, 0.3) is 0 Å². The van der Waals surface area contributed by atoms with E-state index in [0.29, 0.717) is 12.0 Å². The van der Waals surface area contributed by atoms with Crippen molar-refractivity contribution in [2.75, 3.05) is 13.2 Å². The highest BCUT2D eigenvalue weighted by molar-refractivity contribution is 5.94. The molecule has 0 saturated heterocycles. The van der Waals surface area contributed by atoms with E-state index < -0.39 is 54.5 Å². The van der Waals surface area contributed by atoms with Crippen LogP contribution in [0.4, 0.5) is 0 Å². The van der Waals surface area contributed by atoms with E-state index in [0.717, 1.165) is 0 Å². The van der Waals surface area contributed by atoms with Crippen LogP contribution in [0, 0.1) is 5.92 Å². The summed E-state index contributed by atoms with van der Waals surface area (Å²) in [6.45, 7) is 2.91. The third-order valence-corrected chi connectivity index (χ3v) is 5.31. The van der Waals surface area contributed by atoms with Gasteiger partial charge in [-0.05, 0) is 24.3 Å². The van der Waals surface area contributed by atoms with E-state index in [-0.39, 0.29) is 31.3 Å². The van der Waals surface area contributed by atoms with Gasteiger partial charge in [0, 0.05) is 13.0 Å². The zero-order valence-corrected chi connectivity index (χ0v) is 20.5. The number of rotatable bonds is 15. The molecule has 13 nitrogen and oxygen atoms in total. The first-order valence-electron chi connectivity index (χ1n) is 11.6. The van der Waals surface area contributed by atoms with Gasteiger partial charge in [0.15, 0.2) is 5.96 Å². The van der Waals surface area contributed by atoms with Gasteiger partial charge in [-0.15, -0.1) is 0 Å². The number of nitrogens with zero attached hydrogens (tertiary/aromatic N) is 1. The molecule has 0 spiro atoms. The fourth-order valence-corrected chi connectivity index (χ4v) is 3.13. The fourth-order valence-electron chi connectivity index (χ4n) is 3.13. The van der Waals surface area contributed by atoms with Gasteiger partial charge >= 0.3 is 5.97 Å². The summed E-state index contributed by atoms with van der Waals surface area (Å²) in [6, 6.07) is 4.06. The molecule has 200 valence electrons. The minimum absolute atomic E-state index is 0.0381. The van der Waals surface area contributed by atoms with Crippen molar-refractivity contribution in [2.24, 2.45) is 28.1 Å². The maximum atomic E-state index is 13.0. The van der Waals surface area contributed by atoms with Crippen LogP contribution >= 0.6 is 0 Å². The molecule has 3 amide bonds. The number of carbonyl (C=O) groups excluding carboxylic acids is 3. The van der Waals surface area contributed by atoms with Crippen LogP contribution in [-0.4, -0.2) is 77.2 Å². The van der Waals surface area contributed by atoms with Crippen molar-refractivity contribution < 1.29 is 29.4 Å². The lowest BCUT2D eigenvalue weighted by atomic mass is 10.0. The Balaban J connectivity index is 2.99. The zero-order chi connectivity index (χ0) is 27.3. The molecule has 0 fully saturated rings. The molecule has 11 N–H and O–H groups in total. The number of aliphatic imine (C=N–C) groups is 1. The lowest BCUT2D eigenvalue weighted by Crippen LogP contribution is -2.59. The average molecular weight is 508 g/mol. The first kappa shape index (κ1) is 30.3. The van der Waals surface area contributed by atoms with Gasteiger partial charge in [0.1, 0.15) is 18.1 Å². The van der Waals surface area contributed by atoms with Gasteiger partial charge in [-0.3, -0.25) is 19.4 Å². The number of carboxylic acids is 1. The number of aliphatic hydroxyl groups is 1. The summed E-state index contributed by atoms with van der Waals surface area (Å²) in [4.78, 5) is 53.6. The van der Waals surface area contributed by atoms with Crippen molar-refractivity contribution in [3.63, 3.8) is 0 Å². The number of amides is 3. The number of nitrogens with two attached hydrogens (primary N) is 3. The number of hydrogen-bond donors (Lipinski definition) is 8. The maximum Gasteiger partial charge on any atom is 0.326 e. The van der Waals surface area contributed by atoms with Gasteiger partial charge in [0.25, 0.3) is 0 Å². The number of aliphatic carboxylic acids is 1. The smallest absolute Gasteiger partial charge is 0.326 e. The molecule has 1 rings (SSSR count). The lowest BCUT2D eigenvalue weighted by Gasteiger charge is -2.25. The lowest BCUT2D eigenvalue weighted by molar-refractivity contribution is -0.142. The first-order valence-corrected chi connectivity index (χ1v) is 11.6. The number of carboxylic acid groups (broad SMARTS) is 1. The average Bonchev–Trinajstić information content (AvgIpc) is 2.83. The normalized spacial score (nSPS) is 14.1. The summed E-state index contributed by atoms with van der Waals surface area (Å²) in [6.07, 6.45) is 0.377. The van der Waals surface area contributed by atoms with Gasteiger partial charge in [-0.1, -0.05) is 44.2 Å². The molecule has 0 saturated carbocycles. The Morgan fingerprint density at radius 1 is 0.917 bits per heavy atom. The van der Waals surface area contributed by atoms with Crippen LogP contribution in [0.1, 0.15) is 32.3 Å². The summed E-state index contributed by atoms with van der Waals surface area (Å²) < 4.78 is 0. The number of hydrogen-bond acceptors (Lipinski definition) is 7. The first-order chi connectivity index (χ1) is 17.0. The second-order valence-corrected chi connectivity index (χ2v) is 8.61. The van der Waals surface area contributed by atoms with E-state index >= 15 is 0 Å². The number of nitrogens with one attached hydrogen (secondary N) is 3. The molecular weight excluding hydrogens is 470 g/mol. The SMILES string of the molecule is CC(C)C(N)C(=O)NC(CO)C(=O)NC(Cc1ccccc1)C(=O)NC(CCCN=C(N)N)C(=O)O. The number of aliphatic hydroxyl groups excluding tert-OH is 1. The van der Waals surface area contributed by atoms with Gasteiger partial charge in [0.05, 0.1) is 12.6 Å². The van der Waals surface area contributed by atoms with E-state index in [1.54, 1.807) is 44.2 Å². The predicted molar refractivity (Wildman–Crippen MR) is 133 cm³/mol. The third-order valence-electron chi connectivity index (χ3n) is 5.31. The molecule has 0 aliphatic heterocycles. The topological polar surface area (TPSA) is 235 Å². The molecule has 0 aliphatic carbocycles. The minimum atomic E-state index is -1.36. The maximum absolute atomic E-state index is 13.0. The molecule has 1 aromatic carbocycles. The fraction of sp³-hybridized carbons (Fsp3) is 0.522. The predicted octanol–water partition coefficient (Wildman–Crippen LogP) is -2.20. The van der Waals surface area contributed by atoms with Crippen molar-refractivity contribution in [3.8, 4) is 0 Å². The number of guanidine groups is 1. The van der Waals surface area contributed by atoms with Crippen molar-refractivity contribution in [3.05, 3.63) is 35.9 Å². The van der Waals surface area contributed by atoms with Gasteiger partial charge in [-0.25, -0.2) is 4.79 Å². The van der Waals surface area contributed by atoms with Crippen LogP contribution in [0.2, 0.25) is 0 Å². The van der Waals surface area contributed by atoms with Crippen molar-refractivity contribution in [2.45, 2.75) is 57.3 Å². The molecule has 0 aliphatic rings. The Hall–Kier alpha value is -3.71. The van der Waals surface area contributed by atoms with E-state index in [4.69, 9.17) is 17.2 Å². The van der Waals surface area contributed by atoms with E-state index in [9.17, 15) is 29.4 Å². The molecule has 4 atom stereocenters. The summed E-state index contributed by atoms with van der Waals surface area (Å²) in [7, 11) is 0. The van der Waals surface area contributed by atoms with Crippen LogP contribution in [0.3, 0.4) is 0 Å². The molecule has 4 unspecified atom stereocenters. The second kappa shape index (κ2) is 15.3. The molecule has 13 heteroatoms. The monoisotopic (exact) mass is 507 g/mol. The molecule has 1 aromatic rings. The number of carbonyl (C=O) groups is 4. The highest BCUT2D eigenvalue weighted by Gasteiger charge is 2.30. The highest BCUT2D eigenvalue weighted by atomic mass is 16.4. The Kier molecular flexibility index (Phi) is 12.9. The van der Waals surface area contributed by atoms with Gasteiger partial charge in [-0.2, -0.15) is 0 Å². The van der Waals surface area contributed by atoms with Crippen molar-refractivity contribution in [1.82, 2.24) is 16.0 Å². The van der Waals surface area contributed by atoms with E-state index in [1.807, 2.05) is 0 Å². The molecule has 0 bridgehead atoms. The molecular formula is C23H37N7O6.